The quantitative estimate of drug-likeness (QED) is 0.850. The van der Waals surface area contributed by atoms with Crippen molar-refractivity contribution in [2.45, 2.75) is 12.6 Å². The zero-order chi connectivity index (χ0) is 16.8. The molecule has 0 aromatic heterocycles. The third-order valence-corrected chi connectivity index (χ3v) is 3.74. The van der Waals surface area contributed by atoms with Gasteiger partial charge >= 0.3 is 12.1 Å². The van der Waals surface area contributed by atoms with E-state index < -0.39 is 18.1 Å². The second kappa shape index (κ2) is 7.85. The Morgan fingerprint density at radius 3 is 2.39 bits per heavy atom. The first-order valence-electron chi connectivity index (χ1n) is 6.62. The molecule has 2 aromatic carbocycles. The van der Waals surface area contributed by atoms with E-state index >= 15 is 0 Å². The van der Waals surface area contributed by atoms with E-state index in [0.717, 1.165) is 5.56 Å². The normalized spacial score (nSPS) is 11.6. The van der Waals surface area contributed by atoms with Crippen LogP contribution in [-0.2, 0) is 16.1 Å². The zero-order valence-electron chi connectivity index (χ0n) is 11.8. The topological polar surface area (TPSA) is 75.6 Å². The summed E-state index contributed by atoms with van der Waals surface area (Å²) < 4.78 is 5.01. The molecule has 1 atom stereocenters. The lowest BCUT2D eigenvalue weighted by Gasteiger charge is -2.15. The number of amides is 1. The van der Waals surface area contributed by atoms with Crippen molar-refractivity contribution in [3.8, 4) is 0 Å². The number of benzene rings is 2. The summed E-state index contributed by atoms with van der Waals surface area (Å²) in [7, 11) is 0. The van der Waals surface area contributed by atoms with Crippen LogP contribution in [0.25, 0.3) is 0 Å². The highest BCUT2D eigenvalue weighted by molar-refractivity contribution is 6.42. The highest BCUT2D eigenvalue weighted by Crippen LogP contribution is 2.26. The summed E-state index contributed by atoms with van der Waals surface area (Å²) in [5, 5.41) is 12.1. The minimum atomic E-state index is -1.28. The van der Waals surface area contributed by atoms with Crippen molar-refractivity contribution in [2.24, 2.45) is 0 Å². The second-order valence-corrected chi connectivity index (χ2v) is 5.47. The molecule has 0 spiro atoms. The Labute approximate surface area is 142 Å². The number of hydrogen-bond donors (Lipinski definition) is 2. The van der Waals surface area contributed by atoms with Crippen LogP contribution in [0.2, 0.25) is 10.0 Å². The molecule has 2 rings (SSSR count). The molecule has 0 heterocycles. The average Bonchev–Trinajstić information content (AvgIpc) is 2.54. The Hall–Kier alpha value is -2.24. The minimum absolute atomic E-state index is 0.0420. The van der Waals surface area contributed by atoms with Crippen molar-refractivity contribution in [3.05, 3.63) is 69.7 Å². The van der Waals surface area contributed by atoms with Crippen LogP contribution in [0, 0.1) is 0 Å². The van der Waals surface area contributed by atoms with Crippen LogP contribution < -0.4 is 5.32 Å². The molecule has 120 valence electrons. The van der Waals surface area contributed by atoms with E-state index in [1.54, 1.807) is 12.1 Å². The molecule has 0 saturated heterocycles. The molecule has 1 amide bonds. The number of hydrogen-bond acceptors (Lipinski definition) is 3. The number of ether oxygens (including phenoxy) is 1. The standard InChI is InChI=1S/C16H13Cl2NO4/c17-12-7-6-11(8-13(12)18)14(15(20)21)19-16(22)23-9-10-4-2-1-3-5-10/h1-8,14H,9H2,(H,19,22)(H,20,21). The summed E-state index contributed by atoms with van der Waals surface area (Å²) in [5.74, 6) is -1.24. The first-order chi connectivity index (χ1) is 11.0. The zero-order valence-corrected chi connectivity index (χ0v) is 13.3. The highest BCUT2D eigenvalue weighted by Gasteiger charge is 2.23. The number of halogens is 2. The molecule has 5 nitrogen and oxygen atoms in total. The van der Waals surface area contributed by atoms with E-state index in [1.165, 1.54) is 18.2 Å². The minimum Gasteiger partial charge on any atom is -0.479 e. The molecule has 0 aliphatic heterocycles. The summed E-state index contributed by atoms with van der Waals surface area (Å²) in [5.41, 5.74) is 1.09. The van der Waals surface area contributed by atoms with E-state index in [2.05, 4.69) is 5.32 Å². The lowest BCUT2D eigenvalue weighted by atomic mass is 10.1. The van der Waals surface area contributed by atoms with Crippen molar-refractivity contribution < 1.29 is 19.4 Å². The monoisotopic (exact) mass is 353 g/mol. The van der Waals surface area contributed by atoms with Gasteiger partial charge in [0.2, 0.25) is 0 Å². The number of carbonyl (C=O) groups excluding carboxylic acids is 1. The van der Waals surface area contributed by atoms with Crippen LogP contribution in [0.1, 0.15) is 17.2 Å². The van der Waals surface area contributed by atoms with Crippen molar-refractivity contribution in [1.29, 1.82) is 0 Å². The van der Waals surface area contributed by atoms with Crippen LogP contribution >= 0.6 is 23.2 Å². The highest BCUT2D eigenvalue weighted by atomic mass is 35.5. The summed E-state index contributed by atoms with van der Waals surface area (Å²) >= 11 is 11.7. The van der Waals surface area contributed by atoms with E-state index in [1.807, 2.05) is 18.2 Å². The molecule has 0 bridgehead atoms. The predicted molar refractivity (Wildman–Crippen MR) is 86.6 cm³/mol. The Kier molecular flexibility index (Phi) is 5.84. The number of rotatable bonds is 5. The number of alkyl carbamates (subject to hydrolysis) is 1. The van der Waals surface area contributed by atoms with E-state index in [4.69, 9.17) is 27.9 Å². The van der Waals surface area contributed by atoms with Crippen LogP contribution in [-0.4, -0.2) is 17.2 Å². The number of carbonyl (C=O) groups is 2. The van der Waals surface area contributed by atoms with E-state index in [0.29, 0.717) is 10.6 Å². The lowest BCUT2D eigenvalue weighted by molar-refractivity contribution is -0.139. The summed E-state index contributed by atoms with van der Waals surface area (Å²) in [6.45, 7) is 0.0420. The molecule has 7 heteroatoms. The van der Waals surface area contributed by atoms with Gasteiger partial charge in [0.05, 0.1) is 10.0 Å². The molecule has 2 aromatic rings. The Bertz CT molecular complexity index is 706. The Morgan fingerprint density at radius 2 is 1.78 bits per heavy atom. The Morgan fingerprint density at radius 1 is 1.09 bits per heavy atom. The van der Waals surface area contributed by atoms with E-state index in [9.17, 15) is 14.7 Å². The van der Waals surface area contributed by atoms with Gasteiger partial charge in [0, 0.05) is 0 Å². The number of carboxylic acid groups (broad SMARTS) is 1. The van der Waals surface area contributed by atoms with Gasteiger partial charge in [-0.2, -0.15) is 0 Å². The van der Waals surface area contributed by atoms with Gasteiger partial charge in [0.15, 0.2) is 6.04 Å². The first-order valence-corrected chi connectivity index (χ1v) is 7.38. The van der Waals surface area contributed by atoms with Gasteiger partial charge in [0.25, 0.3) is 0 Å². The molecule has 1 unspecified atom stereocenters. The van der Waals surface area contributed by atoms with E-state index in [-0.39, 0.29) is 11.6 Å². The Balaban J connectivity index is 2.02. The largest absolute Gasteiger partial charge is 0.479 e. The molecule has 0 radical (unpaired) electrons. The fourth-order valence-electron chi connectivity index (χ4n) is 1.86. The van der Waals surface area contributed by atoms with Gasteiger partial charge in [0.1, 0.15) is 6.61 Å². The SMILES string of the molecule is O=C(NC(C(=O)O)c1ccc(Cl)c(Cl)c1)OCc1ccccc1. The van der Waals surface area contributed by atoms with Gasteiger partial charge < -0.3 is 15.2 Å². The summed E-state index contributed by atoms with van der Waals surface area (Å²) in [4.78, 5) is 23.2. The maximum Gasteiger partial charge on any atom is 0.408 e. The average molecular weight is 354 g/mol. The van der Waals surface area contributed by atoms with Gasteiger partial charge in [-0.1, -0.05) is 59.6 Å². The first kappa shape index (κ1) is 17.1. The fraction of sp³-hybridized carbons (Fsp3) is 0.125. The van der Waals surface area contributed by atoms with Crippen molar-refractivity contribution in [2.75, 3.05) is 0 Å². The van der Waals surface area contributed by atoms with Gasteiger partial charge in [-0.15, -0.1) is 0 Å². The fourth-order valence-corrected chi connectivity index (χ4v) is 2.17. The van der Waals surface area contributed by atoms with Crippen LogP contribution in [0.4, 0.5) is 4.79 Å². The van der Waals surface area contributed by atoms with Gasteiger partial charge in [-0.05, 0) is 23.3 Å². The maximum atomic E-state index is 11.8. The van der Waals surface area contributed by atoms with Crippen molar-refractivity contribution >= 4 is 35.3 Å². The second-order valence-electron chi connectivity index (χ2n) is 4.65. The lowest BCUT2D eigenvalue weighted by Crippen LogP contribution is -2.34. The van der Waals surface area contributed by atoms with Gasteiger partial charge in [-0.25, -0.2) is 9.59 Å². The predicted octanol–water partition coefficient (Wildman–Crippen LogP) is 4.05. The molecular weight excluding hydrogens is 341 g/mol. The third-order valence-electron chi connectivity index (χ3n) is 3.00. The number of nitrogens with one attached hydrogen (secondary N) is 1. The smallest absolute Gasteiger partial charge is 0.408 e. The van der Waals surface area contributed by atoms with Gasteiger partial charge in [-0.3, -0.25) is 0 Å². The van der Waals surface area contributed by atoms with Crippen LogP contribution in [0.5, 0.6) is 0 Å². The van der Waals surface area contributed by atoms with Crippen LogP contribution in [0.3, 0.4) is 0 Å². The van der Waals surface area contributed by atoms with Crippen molar-refractivity contribution in [3.63, 3.8) is 0 Å². The molecule has 0 aliphatic rings. The number of carboxylic acids is 1. The molecule has 0 fully saturated rings. The maximum absolute atomic E-state index is 11.8. The van der Waals surface area contributed by atoms with Crippen molar-refractivity contribution in [1.82, 2.24) is 5.32 Å². The molecule has 23 heavy (non-hydrogen) atoms. The number of aliphatic carboxylic acids is 1. The third kappa shape index (κ3) is 4.87. The molecular formula is C16H13Cl2NO4. The molecule has 0 aliphatic carbocycles. The molecule has 2 N–H and O–H groups in total. The van der Waals surface area contributed by atoms with Crippen LogP contribution in [0.15, 0.2) is 48.5 Å². The summed E-state index contributed by atoms with van der Waals surface area (Å²) in [6, 6.07) is 12.1. The molecule has 0 saturated carbocycles. The summed E-state index contributed by atoms with van der Waals surface area (Å²) in [6.07, 6.45) is -0.840.